The van der Waals surface area contributed by atoms with Crippen LogP contribution < -0.4 is 10.1 Å². The van der Waals surface area contributed by atoms with E-state index in [-0.39, 0.29) is 0 Å². The summed E-state index contributed by atoms with van der Waals surface area (Å²) in [4.78, 5) is 4.21. The lowest BCUT2D eigenvalue weighted by Gasteiger charge is -2.18. The van der Waals surface area contributed by atoms with Crippen LogP contribution in [0.5, 0.6) is 5.75 Å². The number of rotatable bonds is 7. The van der Waals surface area contributed by atoms with Gasteiger partial charge in [0.05, 0.1) is 7.11 Å². The van der Waals surface area contributed by atoms with Crippen molar-refractivity contribution < 1.29 is 4.74 Å². The molecule has 0 radical (unpaired) electrons. The number of ether oxygens (including phenoxy) is 1. The highest BCUT2D eigenvalue weighted by atomic mass is 16.5. The van der Waals surface area contributed by atoms with Crippen LogP contribution in [0.15, 0.2) is 48.8 Å². The lowest BCUT2D eigenvalue weighted by atomic mass is 10.00. The molecule has 2 rings (SSSR count). The van der Waals surface area contributed by atoms with Crippen molar-refractivity contribution in [3.63, 3.8) is 0 Å². The van der Waals surface area contributed by atoms with E-state index < -0.39 is 0 Å². The zero-order chi connectivity index (χ0) is 14.2. The summed E-state index contributed by atoms with van der Waals surface area (Å²) in [6.45, 7) is 3.10. The molecule has 0 saturated carbocycles. The predicted octanol–water partition coefficient (Wildman–Crippen LogP) is 3.37. The SMILES string of the molecule is CCNC(CCc1ccc(OC)cc1)c1cccnc1. The van der Waals surface area contributed by atoms with Gasteiger partial charge in [-0.3, -0.25) is 4.98 Å². The van der Waals surface area contributed by atoms with Crippen LogP contribution in [0.4, 0.5) is 0 Å². The summed E-state index contributed by atoms with van der Waals surface area (Å²) in [5, 5.41) is 3.53. The first-order valence-corrected chi connectivity index (χ1v) is 7.09. The van der Waals surface area contributed by atoms with Gasteiger partial charge in [0, 0.05) is 18.4 Å². The number of nitrogens with one attached hydrogen (secondary N) is 1. The second kappa shape index (κ2) is 7.65. The summed E-state index contributed by atoms with van der Waals surface area (Å²) in [7, 11) is 1.69. The van der Waals surface area contributed by atoms with E-state index in [0.29, 0.717) is 6.04 Å². The van der Waals surface area contributed by atoms with E-state index >= 15 is 0 Å². The van der Waals surface area contributed by atoms with E-state index in [1.165, 1.54) is 11.1 Å². The molecular weight excluding hydrogens is 248 g/mol. The van der Waals surface area contributed by atoms with E-state index in [1.54, 1.807) is 7.11 Å². The van der Waals surface area contributed by atoms with Crippen molar-refractivity contribution in [2.24, 2.45) is 0 Å². The van der Waals surface area contributed by atoms with E-state index in [1.807, 2.05) is 30.6 Å². The molecule has 2 aromatic rings. The fraction of sp³-hybridized carbons (Fsp3) is 0.353. The summed E-state index contributed by atoms with van der Waals surface area (Å²) >= 11 is 0. The average Bonchev–Trinajstić information content (AvgIpc) is 2.53. The molecule has 1 N–H and O–H groups in total. The van der Waals surface area contributed by atoms with Crippen molar-refractivity contribution in [1.29, 1.82) is 0 Å². The molecule has 1 aromatic carbocycles. The fourth-order valence-electron chi connectivity index (χ4n) is 2.32. The minimum absolute atomic E-state index is 0.357. The molecule has 0 aliphatic rings. The largest absolute Gasteiger partial charge is 0.497 e. The molecule has 1 unspecified atom stereocenters. The van der Waals surface area contributed by atoms with Gasteiger partial charge in [0.1, 0.15) is 5.75 Å². The lowest BCUT2D eigenvalue weighted by molar-refractivity contribution is 0.414. The number of methoxy groups -OCH3 is 1. The monoisotopic (exact) mass is 270 g/mol. The van der Waals surface area contributed by atoms with Gasteiger partial charge in [0.15, 0.2) is 0 Å². The zero-order valence-electron chi connectivity index (χ0n) is 12.2. The Bertz CT molecular complexity index is 496. The van der Waals surface area contributed by atoms with Crippen LogP contribution in [0.2, 0.25) is 0 Å². The van der Waals surface area contributed by atoms with Gasteiger partial charge in [0.25, 0.3) is 0 Å². The third-order valence-corrected chi connectivity index (χ3v) is 3.42. The van der Waals surface area contributed by atoms with Crippen molar-refractivity contribution in [2.75, 3.05) is 13.7 Å². The maximum atomic E-state index is 5.18. The second-order valence-corrected chi connectivity index (χ2v) is 4.78. The normalized spacial score (nSPS) is 12.1. The van der Waals surface area contributed by atoms with Gasteiger partial charge in [-0.1, -0.05) is 25.1 Å². The molecule has 106 valence electrons. The van der Waals surface area contributed by atoms with Gasteiger partial charge in [-0.15, -0.1) is 0 Å². The number of hydrogen-bond acceptors (Lipinski definition) is 3. The Morgan fingerprint density at radius 3 is 2.60 bits per heavy atom. The summed E-state index contributed by atoms with van der Waals surface area (Å²) in [5.41, 5.74) is 2.58. The van der Waals surface area contributed by atoms with Gasteiger partial charge in [-0.25, -0.2) is 0 Å². The Morgan fingerprint density at radius 2 is 2.00 bits per heavy atom. The average molecular weight is 270 g/mol. The molecule has 1 aromatic heterocycles. The molecule has 0 amide bonds. The quantitative estimate of drug-likeness (QED) is 0.837. The van der Waals surface area contributed by atoms with Gasteiger partial charge >= 0.3 is 0 Å². The first-order valence-electron chi connectivity index (χ1n) is 7.09. The zero-order valence-corrected chi connectivity index (χ0v) is 12.2. The van der Waals surface area contributed by atoms with E-state index in [4.69, 9.17) is 4.74 Å². The van der Waals surface area contributed by atoms with Gasteiger partial charge < -0.3 is 10.1 Å². The Hall–Kier alpha value is -1.87. The Balaban J connectivity index is 1.98. The molecule has 0 spiro atoms. The highest BCUT2D eigenvalue weighted by molar-refractivity contribution is 5.27. The lowest BCUT2D eigenvalue weighted by Crippen LogP contribution is -2.21. The minimum atomic E-state index is 0.357. The molecule has 0 saturated heterocycles. The standard InChI is InChI=1S/C17H22N2O/c1-3-19-17(15-5-4-12-18-13-15)11-8-14-6-9-16(20-2)10-7-14/h4-7,9-10,12-13,17,19H,3,8,11H2,1-2H3. The van der Waals surface area contributed by atoms with Crippen LogP contribution in [0.1, 0.15) is 30.5 Å². The number of aryl methyl sites for hydroxylation is 1. The van der Waals surface area contributed by atoms with Crippen molar-refractivity contribution in [3.8, 4) is 5.75 Å². The topological polar surface area (TPSA) is 34.1 Å². The summed E-state index contributed by atoms with van der Waals surface area (Å²) in [6, 6.07) is 12.8. The van der Waals surface area contributed by atoms with Crippen molar-refractivity contribution in [1.82, 2.24) is 10.3 Å². The first-order chi connectivity index (χ1) is 9.83. The molecule has 0 fully saturated rings. The highest BCUT2D eigenvalue weighted by Crippen LogP contribution is 2.19. The highest BCUT2D eigenvalue weighted by Gasteiger charge is 2.10. The molecule has 0 aliphatic heterocycles. The molecule has 3 heteroatoms. The third-order valence-electron chi connectivity index (χ3n) is 3.42. The number of pyridine rings is 1. The van der Waals surface area contributed by atoms with Crippen LogP contribution in [0.25, 0.3) is 0 Å². The molecule has 1 atom stereocenters. The minimum Gasteiger partial charge on any atom is -0.497 e. The van der Waals surface area contributed by atoms with E-state index in [0.717, 1.165) is 25.1 Å². The van der Waals surface area contributed by atoms with E-state index in [9.17, 15) is 0 Å². The molecule has 1 heterocycles. The predicted molar refractivity (Wildman–Crippen MR) is 82.0 cm³/mol. The maximum absolute atomic E-state index is 5.18. The van der Waals surface area contributed by atoms with Gasteiger partial charge in [-0.05, 0) is 48.7 Å². The third kappa shape index (κ3) is 4.07. The first kappa shape index (κ1) is 14.5. The molecular formula is C17H22N2O. The van der Waals surface area contributed by atoms with Crippen LogP contribution in [-0.4, -0.2) is 18.6 Å². The number of nitrogens with zero attached hydrogens (tertiary/aromatic N) is 1. The number of aromatic nitrogens is 1. The molecule has 3 nitrogen and oxygen atoms in total. The van der Waals surface area contributed by atoms with Crippen molar-refractivity contribution >= 4 is 0 Å². The fourth-order valence-corrected chi connectivity index (χ4v) is 2.32. The Labute approximate surface area is 121 Å². The number of hydrogen-bond donors (Lipinski definition) is 1. The molecule has 0 aliphatic carbocycles. The Morgan fingerprint density at radius 1 is 1.20 bits per heavy atom. The summed E-state index contributed by atoms with van der Waals surface area (Å²) in [6.07, 6.45) is 5.86. The van der Waals surface area contributed by atoms with Crippen molar-refractivity contribution in [3.05, 3.63) is 59.9 Å². The molecule has 0 bridgehead atoms. The summed E-state index contributed by atoms with van der Waals surface area (Å²) < 4.78 is 5.18. The number of benzene rings is 1. The van der Waals surface area contributed by atoms with Gasteiger partial charge in [0.2, 0.25) is 0 Å². The van der Waals surface area contributed by atoms with E-state index in [2.05, 4.69) is 35.4 Å². The van der Waals surface area contributed by atoms with Crippen LogP contribution in [-0.2, 0) is 6.42 Å². The maximum Gasteiger partial charge on any atom is 0.118 e. The molecule has 20 heavy (non-hydrogen) atoms. The van der Waals surface area contributed by atoms with Crippen LogP contribution >= 0.6 is 0 Å². The van der Waals surface area contributed by atoms with Gasteiger partial charge in [-0.2, -0.15) is 0 Å². The van der Waals surface area contributed by atoms with Crippen molar-refractivity contribution in [2.45, 2.75) is 25.8 Å². The second-order valence-electron chi connectivity index (χ2n) is 4.78. The Kier molecular flexibility index (Phi) is 5.56. The smallest absolute Gasteiger partial charge is 0.118 e. The van der Waals surface area contributed by atoms with Crippen LogP contribution in [0, 0.1) is 0 Å². The van der Waals surface area contributed by atoms with Crippen LogP contribution in [0.3, 0.4) is 0 Å². The summed E-state index contributed by atoms with van der Waals surface area (Å²) in [5.74, 6) is 0.907.